The van der Waals surface area contributed by atoms with E-state index >= 15 is 0 Å². The zero-order valence-electron chi connectivity index (χ0n) is 27.9. The zero-order valence-corrected chi connectivity index (χ0v) is 27.9. The van der Waals surface area contributed by atoms with Crippen molar-refractivity contribution in [1.29, 1.82) is 0 Å². The molecule has 0 saturated carbocycles. The predicted molar refractivity (Wildman–Crippen MR) is 181 cm³/mol. The average Bonchev–Trinajstić information content (AvgIpc) is 2.96. The molecular weight excluding hydrogens is 486 g/mol. The fraction of sp³-hybridized carbons (Fsp3) is 0.921. The van der Waals surface area contributed by atoms with Crippen molar-refractivity contribution in [1.82, 2.24) is 5.32 Å². The van der Waals surface area contributed by atoms with Crippen LogP contribution in [0.4, 0.5) is 0 Å². The highest BCUT2D eigenvalue weighted by Crippen LogP contribution is 2.14. The monoisotopic (exact) mass is 562 g/mol. The number of carbonyl (C=O) groups is 1. The van der Waals surface area contributed by atoms with E-state index in [2.05, 4.69) is 31.3 Å². The third-order valence-electron chi connectivity index (χ3n) is 8.52. The van der Waals surface area contributed by atoms with E-state index in [1.165, 1.54) is 186 Å². The summed E-state index contributed by atoms with van der Waals surface area (Å²) in [6, 6.07) is 0. The first-order chi connectivity index (χ1) is 19.8. The highest BCUT2D eigenvalue weighted by molar-refractivity contribution is 5.75. The van der Waals surface area contributed by atoms with Gasteiger partial charge in [0.1, 0.15) is 0 Å². The molecule has 0 radical (unpaired) electrons. The fourth-order valence-corrected chi connectivity index (χ4v) is 5.70. The minimum Gasteiger partial charge on any atom is -0.356 e. The summed E-state index contributed by atoms with van der Waals surface area (Å²) >= 11 is 0. The molecule has 0 heterocycles. The summed E-state index contributed by atoms with van der Waals surface area (Å²) in [5.41, 5.74) is 0. The summed E-state index contributed by atoms with van der Waals surface area (Å²) in [5.74, 6) is 0.274. The predicted octanol–water partition coefficient (Wildman–Crippen LogP) is 13.2. The van der Waals surface area contributed by atoms with Gasteiger partial charge >= 0.3 is 0 Å². The van der Waals surface area contributed by atoms with Gasteiger partial charge in [0, 0.05) is 13.0 Å². The summed E-state index contributed by atoms with van der Waals surface area (Å²) in [4.78, 5) is 12.0. The lowest BCUT2D eigenvalue weighted by atomic mass is 10.0. The first kappa shape index (κ1) is 39.2. The lowest BCUT2D eigenvalue weighted by Crippen LogP contribution is -2.23. The molecule has 238 valence electrons. The van der Waals surface area contributed by atoms with Crippen molar-refractivity contribution in [2.45, 2.75) is 219 Å². The Labute approximate surface area is 253 Å². The van der Waals surface area contributed by atoms with E-state index in [1.807, 2.05) is 0 Å². The van der Waals surface area contributed by atoms with Crippen molar-refractivity contribution in [3.63, 3.8) is 0 Å². The van der Waals surface area contributed by atoms with Gasteiger partial charge in [0.25, 0.3) is 0 Å². The van der Waals surface area contributed by atoms with E-state index in [4.69, 9.17) is 0 Å². The van der Waals surface area contributed by atoms with Crippen LogP contribution in [0.5, 0.6) is 0 Å². The first-order valence-corrected chi connectivity index (χ1v) is 18.7. The molecule has 0 unspecified atom stereocenters. The van der Waals surface area contributed by atoms with Crippen molar-refractivity contribution in [3.8, 4) is 0 Å². The molecule has 0 aliphatic rings. The van der Waals surface area contributed by atoms with E-state index in [9.17, 15) is 4.79 Å². The molecule has 0 atom stereocenters. The molecule has 1 N–H and O–H groups in total. The molecule has 0 bridgehead atoms. The smallest absolute Gasteiger partial charge is 0.219 e. The van der Waals surface area contributed by atoms with Gasteiger partial charge in [-0.3, -0.25) is 4.79 Å². The topological polar surface area (TPSA) is 29.1 Å². The number of carbonyl (C=O) groups excluding carboxylic acids is 1. The highest BCUT2D eigenvalue weighted by atomic mass is 16.1. The van der Waals surface area contributed by atoms with E-state index in [0.717, 1.165) is 25.8 Å². The van der Waals surface area contributed by atoms with Crippen LogP contribution in [0.25, 0.3) is 0 Å². The van der Waals surface area contributed by atoms with Gasteiger partial charge in [-0.1, -0.05) is 187 Å². The van der Waals surface area contributed by atoms with E-state index in [1.54, 1.807) is 0 Å². The summed E-state index contributed by atoms with van der Waals surface area (Å²) in [6.45, 7) is 5.45. The lowest BCUT2D eigenvalue weighted by molar-refractivity contribution is -0.121. The van der Waals surface area contributed by atoms with Gasteiger partial charge in [-0.05, 0) is 38.5 Å². The molecule has 0 aromatic heterocycles. The molecule has 40 heavy (non-hydrogen) atoms. The Hall–Kier alpha value is -0.790. The van der Waals surface area contributed by atoms with Crippen LogP contribution >= 0.6 is 0 Å². The van der Waals surface area contributed by atoms with Gasteiger partial charge in [-0.15, -0.1) is 0 Å². The average molecular weight is 562 g/mol. The maximum atomic E-state index is 12.0. The van der Waals surface area contributed by atoms with E-state index in [-0.39, 0.29) is 5.91 Å². The van der Waals surface area contributed by atoms with Crippen molar-refractivity contribution in [2.75, 3.05) is 6.54 Å². The molecule has 0 aliphatic heterocycles. The van der Waals surface area contributed by atoms with E-state index < -0.39 is 0 Å². The first-order valence-electron chi connectivity index (χ1n) is 18.7. The largest absolute Gasteiger partial charge is 0.356 e. The summed E-state index contributed by atoms with van der Waals surface area (Å²) in [5, 5.41) is 3.14. The fourth-order valence-electron chi connectivity index (χ4n) is 5.70. The van der Waals surface area contributed by atoms with Crippen LogP contribution in [0.2, 0.25) is 0 Å². The molecule has 0 aliphatic carbocycles. The molecule has 2 nitrogen and oxygen atoms in total. The Morgan fingerprint density at radius 1 is 0.400 bits per heavy atom. The summed E-state index contributed by atoms with van der Waals surface area (Å²) in [6.07, 6.45) is 47.8. The molecule has 0 rings (SSSR count). The Balaban J connectivity index is 3.17. The number of rotatable bonds is 34. The van der Waals surface area contributed by atoms with Crippen molar-refractivity contribution in [3.05, 3.63) is 12.2 Å². The van der Waals surface area contributed by atoms with Crippen LogP contribution in [-0.4, -0.2) is 12.5 Å². The number of nitrogens with one attached hydrogen (secondary N) is 1. The Morgan fingerprint density at radius 2 is 0.700 bits per heavy atom. The van der Waals surface area contributed by atoms with Crippen LogP contribution in [0.3, 0.4) is 0 Å². The summed E-state index contributed by atoms with van der Waals surface area (Å²) in [7, 11) is 0. The molecule has 0 spiro atoms. The number of amides is 1. The number of unbranched alkanes of at least 4 members (excludes halogenated alkanes) is 28. The molecule has 0 aromatic carbocycles. The second-order valence-electron chi connectivity index (χ2n) is 12.7. The molecule has 2 heteroatoms. The zero-order chi connectivity index (χ0) is 29.0. The number of allylic oxidation sites excluding steroid dienone is 2. The Bertz CT molecular complexity index is 500. The third-order valence-corrected chi connectivity index (χ3v) is 8.52. The van der Waals surface area contributed by atoms with Crippen LogP contribution in [0, 0.1) is 0 Å². The lowest BCUT2D eigenvalue weighted by Gasteiger charge is -2.06. The van der Waals surface area contributed by atoms with Gasteiger partial charge in [0.15, 0.2) is 0 Å². The second-order valence-corrected chi connectivity index (χ2v) is 12.7. The van der Waals surface area contributed by atoms with E-state index in [0.29, 0.717) is 0 Å². The highest BCUT2D eigenvalue weighted by Gasteiger charge is 2.01. The number of hydrogen-bond acceptors (Lipinski definition) is 1. The molecule has 1 amide bonds. The van der Waals surface area contributed by atoms with Crippen molar-refractivity contribution in [2.24, 2.45) is 0 Å². The van der Waals surface area contributed by atoms with Crippen LogP contribution in [0.1, 0.15) is 219 Å². The van der Waals surface area contributed by atoms with Crippen LogP contribution in [0.15, 0.2) is 12.2 Å². The third kappa shape index (κ3) is 35.2. The second kappa shape index (κ2) is 36.2. The quantitative estimate of drug-likeness (QED) is 0.0614. The maximum Gasteiger partial charge on any atom is 0.219 e. The van der Waals surface area contributed by atoms with Gasteiger partial charge < -0.3 is 5.32 Å². The van der Waals surface area contributed by atoms with Gasteiger partial charge in [0.2, 0.25) is 5.91 Å². The Kier molecular flexibility index (Phi) is 35.5. The molecule has 0 saturated heterocycles. The minimum atomic E-state index is 0.274. The molecular formula is C38H75NO. The van der Waals surface area contributed by atoms with Crippen molar-refractivity contribution >= 4 is 5.91 Å². The van der Waals surface area contributed by atoms with Crippen LogP contribution < -0.4 is 5.32 Å². The number of hydrogen-bond donors (Lipinski definition) is 1. The maximum absolute atomic E-state index is 12.0. The normalized spacial score (nSPS) is 11.6. The van der Waals surface area contributed by atoms with Crippen LogP contribution in [-0.2, 0) is 4.79 Å². The van der Waals surface area contributed by atoms with Gasteiger partial charge in [-0.2, -0.15) is 0 Å². The summed E-state index contributed by atoms with van der Waals surface area (Å²) < 4.78 is 0. The van der Waals surface area contributed by atoms with Gasteiger partial charge in [-0.25, -0.2) is 0 Å². The molecule has 0 fully saturated rings. The Morgan fingerprint density at radius 3 is 1.07 bits per heavy atom. The van der Waals surface area contributed by atoms with Gasteiger partial charge in [0.05, 0.1) is 0 Å². The molecule has 0 aromatic rings. The standard InChI is InChI=1S/C38H75NO/c1-3-5-7-9-11-13-15-17-18-19-20-21-22-23-25-27-29-31-33-35-37-39-38(40)36-34-32-30-28-26-24-16-14-12-10-8-6-4-2/h17-18H,3-16,19-37H2,1-2H3,(H,39,40). The SMILES string of the molecule is CCCCCCCCC=CCCCCCCCCCCCCNC(=O)CCCCCCCCCCCCCCC. The minimum absolute atomic E-state index is 0.274. The van der Waals surface area contributed by atoms with Crippen molar-refractivity contribution < 1.29 is 4.79 Å².